The van der Waals surface area contributed by atoms with Crippen LogP contribution in [0.1, 0.15) is 18.6 Å². The molecule has 3 rings (SSSR count). The highest BCUT2D eigenvalue weighted by atomic mass is 79.9. The van der Waals surface area contributed by atoms with E-state index in [1.54, 1.807) is 7.11 Å². The highest BCUT2D eigenvalue weighted by Gasteiger charge is 2.45. The zero-order valence-corrected chi connectivity index (χ0v) is 13.4. The summed E-state index contributed by atoms with van der Waals surface area (Å²) in [6, 6.07) is 4.40. The molecule has 1 aromatic rings. The van der Waals surface area contributed by atoms with Crippen LogP contribution in [0.4, 0.5) is 0 Å². The van der Waals surface area contributed by atoms with E-state index in [1.165, 1.54) is 0 Å². The fourth-order valence-corrected chi connectivity index (χ4v) is 3.38. The SMILES string of the molecule is COc1nc(Br)ccc1C1O[C@H](C)C1N1CCNCC1. The van der Waals surface area contributed by atoms with Crippen molar-refractivity contribution in [1.82, 2.24) is 15.2 Å². The number of ether oxygens (including phenoxy) is 2. The first-order chi connectivity index (χ1) is 9.70. The Morgan fingerprint density at radius 3 is 2.80 bits per heavy atom. The number of pyridine rings is 1. The van der Waals surface area contributed by atoms with Gasteiger partial charge in [0.05, 0.1) is 19.3 Å². The van der Waals surface area contributed by atoms with Gasteiger partial charge in [-0.3, -0.25) is 4.90 Å². The van der Waals surface area contributed by atoms with Crippen molar-refractivity contribution in [3.05, 3.63) is 22.3 Å². The van der Waals surface area contributed by atoms with Crippen LogP contribution in [0, 0.1) is 0 Å². The second-order valence-corrected chi connectivity index (χ2v) is 6.08. The number of rotatable bonds is 3. The van der Waals surface area contributed by atoms with Crippen molar-refractivity contribution >= 4 is 15.9 Å². The van der Waals surface area contributed by atoms with Crippen LogP contribution in [-0.4, -0.2) is 55.3 Å². The van der Waals surface area contributed by atoms with Gasteiger partial charge in [-0.1, -0.05) is 0 Å². The van der Waals surface area contributed by atoms with Crippen LogP contribution in [0.5, 0.6) is 5.88 Å². The summed E-state index contributed by atoms with van der Waals surface area (Å²) in [7, 11) is 1.65. The summed E-state index contributed by atoms with van der Waals surface area (Å²) in [5.74, 6) is 0.649. The van der Waals surface area contributed by atoms with E-state index >= 15 is 0 Å². The van der Waals surface area contributed by atoms with Crippen molar-refractivity contribution in [2.75, 3.05) is 33.3 Å². The second kappa shape index (κ2) is 5.97. The minimum absolute atomic E-state index is 0.0543. The van der Waals surface area contributed by atoms with Gasteiger partial charge in [-0.05, 0) is 35.0 Å². The van der Waals surface area contributed by atoms with Gasteiger partial charge < -0.3 is 14.8 Å². The lowest BCUT2D eigenvalue weighted by Crippen LogP contribution is -2.60. The highest BCUT2D eigenvalue weighted by molar-refractivity contribution is 9.10. The standard InChI is InChI=1S/C14H20BrN3O2/c1-9-12(18-7-5-16-6-8-18)13(20-9)10-3-4-11(15)17-14(10)19-2/h3-4,9,12-13,16H,5-8H2,1-2H3/t9-,12?,13?/m1/s1. The van der Waals surface area contributed by atoms with Gasteiger partial charge in [0.25, 0.3) is 0 Å². The third kappa shape index (κ3) is 2.57. The predicted molar refractivity (Wildman–Crippen MR) is 80.0 cm³/mol. The maximum absolute atomic E-state index is 5.98. The summed E-state index contributed by atoms with van der Waals surface area (Å²) in [4.78, 5) is 6.89. The molecule has 3 atom stereocenters. The van der Waals surface area contributed by atoms with Crippen LogP contribution < -0.4 is 10.1 Å². The largest absolute Gasteiger partial charge is 0.481 e. The van der Waals surface area contributed by atoms with Crippen molar-refractivity contribution in [3.63, 3.8) is 0 Å². The summed E-state index contributed by atoms with van der Waals surface area (Å²) < 4.78 is 12.2. The van der Waals surface area contributed by atoms with E-state index in [-0.39, 0.29) is 12.2 Å². The molecule has 2 aliphatic heterocycles. The van der Waals surface area contributed by atoms with Crippen LogP contribution in [0.3, 0.4) is 0 Å². The number of methoxy groups -OCH3 is 1. The van der Waals surface area contributed by atoms with Gasteiger partial charge in [0, 0.05) is 31.7 Å². The molecule has 0 radical (unpaired) electrons. The number of hydrogen-bond donors (Lipinski definition) is 1. The lowest BCUT2D eigenvalue weighted by Gasteiger charge is -2.50. The zero-order chi connectivity index (χ0) is 14.1. The number of halogens is 1. The molecule has 20 heavy (non-hydrogen) atoms. The Morgan fingerprint density at radius 2 is 2.15 bits per heavy atom. The van der Waals surface area contributed by atoms with Crippen LogP contribution in [0.2, 0.25) is 0 Å². The summed E-state index contributed by atoms with van der Waals surface area (Å²) >= 11 is 3.38. The zero-order valence-electron chi connectivity index (χ0n) is 11.8. The average molecular weight is 342 g/mol. The molecule has 2 fully saturated rings. The van der Waals surface area contributed by atoms with Gasteiger partial charge in [0.15, 0.2) is 0 Å². The Bertz CT molecular complexity index is 479. The fraction of sp³-hybridized carbons (Fsp3) is 0.643. The Hall–Kier alpha value is -0.690. The third-order valence-corrected chi connectivity index (χ3v) is 4.52. The topological polar surface area (TPSA) is 46.6 Å². The van der Waals surface area contributed by atoms with Crippen molar-refractivity contribution in [2.45, 2.75) is 25.2 Å². The average Bonchev–Trinajstić information content (AvgIpc) is 2.46. The number of nitrogens with zero attached hydrogens (tertiary/aromatic N) is 2. The highest BCUT2D eigenvalue weighted by Crippen LogP contribution is 2.42. The second-order valence-electron chi connectivity index (χ2n) is 5.27. The lowest BCUT2D eigenvalue weighted by molar-refractivity contribution is -0.193. The molecule has 0 spiro atoms. The molecule has 2 unspecified atom stereocenters. The molecule has 0 saturated carbocycles. The first kappa shape index (κ1) is 14.3. The van der Waals surface area contributed by atoms with Gasteiger partial charge in [0.1, 0.15) is 10.7 Å². The van der Waals surface area contributed by atoms with Crippen LogP contribution in [0.25, 0.3) is 0 Å². The van der Waals surface area contributed by atoms with Crippen molar-refractivity contribution in [1.29, 1.82) is 0 Å². The van der Waals surface area contributed by atoms with Gasteiger partial charge in [-0.25, -0.2) is 4.98 Å². The molecule has 0 bridgehead atoms. The monoisotopic (exact) mass is 341 g/mol. The molecule has 0 aromatic carbocycles. The van der Waals surface area contributed by atoms with E-state index < -0.39 is 0 Å². The molecule has 2 saturated heterocycles. The van der Waals surface area contributed by atoms with E-state index in [9.17, 15) is 0 Å². The number of hydrogen-bond acceptors (Lipinski definition) is 5. The number of piperazine rings is 1. The van der Waals surface area contributed by atoms with Gasteiger partial charge in [0.2, 0.25) is 5.88 Å². The molecule has 2 aliphatic rings. The third-order valence-electron chi connectivity index (χ3n) is 4.08. The van der Waals surface area contributed by atoms with Crippen molar-refractivity contribution in [2.24, 2.45) is 0 Å². The summed E-state index contributed by atoms with van der Waals surface area (Å²) in [6.45, 7) is 6.38. The molecule has 1 N–H and O–H groups in total. The van der Waals surface area contributed by atoms with E-state index in [4.69, 9.17) is 9.47 Å². The first-order valence-electron chi connectivity index (χ1n) is 7.01. The quantitative estimate of drug-likeness (QED) is 0.846. The predicted octanol–water partition coefficient (Wildman–Crippen LogP) is 1.59. The Kier molecular flexibility index (Phi) is 4.26. The van der Waals surface area contributed by atoms with E-state index in [0.717, 1.165) is 36.3 Å². The van der Waals surface area contributed by atoms with Crippen LogP contribution in [0.15, 0.2) is 16.7 Å². The molecule has 0 amide bonds. The van der Waals surface area contributed by atoms with E-state index in [2.05, 4.69) is 38.1 Å². The Morgan fingerprint density at radius 1 is 1.40 bits per heavy atom. The Labute approximate surface area is 127 Å². The molecular formula is C14H20BrN3O2. The number of aromatic nitrogens is 1. The van der Waals surface area contributed by atoms with E-state index in [0.29, 0.717) is 11.9 Å². The van der Waals surface area contributed by atoms with Crippen LogP contribution >= 0.6 is 15.9 Å². The summed E-state index contributed by atoms with van der Waals surface area (Å²) in [5.41, 5.74) is 1.04. The van der Waals surface area contributed by atoms with Gasteiger partial charge in [-0.15, -0.1) is 0 Å². The smallest absolute Gasteiger partial charge is 0.220 e. The van der Waals surface area contributed by atoms with E-state index in [1.807, 2.05) is 12.1 Å². The van der Waals surface area contributed by atoms with Crippen molar-refractivity contribution in [3.8, 4) is 5.88 Å². The summed E-state index contributed by atoms with van der Waals surface area (Å²) in [6.07, 6.45) is 0.310. The Balaban J connectivity index is 1.82. The van der Waals surface area contributed by atoms with Gasteiger partial charge in [-0.2, -0.15) is 0 Å². The first-order valence-corrected chi connectivity index (χ1v) is 7.80. The van der Waals surface area contributed by atoms with Crippen molar-refractivity contribution < 1.29 is 9.47 Å². The maximum atomic E-state index is 5.98. The molecule has 110 valence electrons. The lowest BCUT2D eigenvalue weighted by atomic mass is 9.91. The molecular weight excluding hydrogens is 322 g/mol. The minimum Gasteiger partial charge on any atom is -0.481 e. The van der Waals surface area contributed by atoms with Gasteiger partial charge >= 0.3 is 0 Å². The molecule has 0 aliphatic carbocycles. The number of nitrogens with one attached hydrogen (secondary N) is 1. The minimum atomic E-state index is 0.0543. The maximum Gasteiger partial charge on any atom is 0.220 e. The molecule has 6 heteroatoms. The molecule has 1 aromatic heterocycles. The molecule has 5 nitrogen and oxygen atoms in total. The summed E-state index contributed by atoms with van der Waals surface area (Å²) in [5, 5.41) is 3.39. The molecule has 3 heterocycles. The fourth-order valence-electron chi connectivity index (χ4n) is 3.08. The normalized spacial score (nSPS) is 30.9. The van der Waals surface area contributed by atoms with Crippen LogP contribution in [-0.2, 0) is 4.74 Å².